The number of fused-ring (bicyclic) bond motifs is 6. The molecular formula is C24H36O4. The molecular weight excluding hydrogens is 352 g/mol. The van der Waals surface area contributed by atoms with Crippen LogP contribution in [0.4, 0.5) is 0 Å². The standard InChI is InChI=1S/C24H36O4/c1-16-14-17-15-23(25-10-11-26-23)9-8-21(17,2)18-4-6-22(3)19(20(16)18)5-7-24(22)27-12-13-28-24/h14,17-20H,4-13,15H2,1-3H3. The highest BCUT2D eigenvalue weighted by molar-refractivity contribution is 5.25. The summed E-state index contributed by atoms with van der Waals surface area (Å²) in [6.07, 6.45) is 10.8. The van der Waals surface area contributed by atoms with Crippen LogP contribution in [0.1, 0.15) is 65.7 Å². The van der Waals surface area contributed by atoms with Gasteiger partial charge in [0.2, 0.25) is 0 Å². The maximum absolute atomic E-state index is 6.31. The Balaban J connectivity index is 1.36. The van der Waals surface area contributed by atoms with Crippen LogP contribution in [0, 0.1) is 34.5 Å². The smallest absolute Gasteiger partial charge is 0.174 e. The number of allylic oxidation sites excluding steroid dienone is 2. The van der Waals surface area contributed by atoms with Crippen LogP contribution in [0.5, 0.6) is 0 Å². The summed E-state index contributed by atoms with van der Waals surface area (Å²) in [4.78, 5) is 0. The van der Waals surface area contributed by atoms with E-state index < -0.39 is 0 Å². The lowest BCUT2D eigenvalue weighted by atomic mass is 9.45. The Morgan fingerprint density at radius 1 is 0.821 bits per heavy atom. The zero-order chi connectivity index (χ0) is 19.2. The van der Waals surface area contributed by atoms with E-state index in [9.17, 15) is 0 Å². The van der Waals surface area contributed by atoms with Gasteiger partial charge in [-0.05, 0) is 61.7 Å². The highest BCUT2D eigenvalue weighted by Crippen LogP contribution is 2.70. The first-order chi connectivity index (χ1) is 13.4. The fourth-order valence-corrected chi connectivity index (χ4v) is 8.62. The summed E-state index contributed by atoms with van der Waals surface area (Å²) in [6, 6.07) is 0. The second-order valence-corrected chi connectivity index (χ2v) is 11.0. The fraction of sp³-hybridized carbons (Fsp3) is 0.917. The van der Waals surface area contributed by atoms with Gasteiger partial charge in [-0.15, -0.1) is 0 Å². The summed E-state index contributed by atoms with van der Waals surface area (Å²) >= 11 is 0. The topological polar surface area (TPSA) is 36.9 Å². The highest BCUT2D eigenvalue weighted by atomic mass is 16.7. The SMILES string of the molecule is CC1=CC2CC3(CCC2(C)C2CCC4(C)C(CCC45OCCO5)C12)OCCO3. The van der Waals surface area contributed by atoms with Crippen LogP contribution >= 0.6 is 0 Å². The summed E-state index contributed by atoms with van der Waals surface area (Å²) in [5.41, 5.74) is 2.16. The van der Waals surface area contributed by atoms with Crippen molar-refractivity contribution in [3.8, 4) is 0 Å². The Kier molecular flexibility index (Phi) is 3.83. The molecule has 0 radical (unpaired) electrons. The molecule has 6 rings (SSSR count). The average molecular weight is 389 g/mol. The van der Waals surface area contributed by atoms with E-state index in [1.54, 1.807) is 5.57 Å². The van der Waals surface area contributed by atoms with Crippen molar-refractivity contribution >= 4 is 0 Å². The Hall–Kier alpha value is -0.420. The van der Waals surface area contributed by atoms with Crippen LogP contribution in [-0.2, 0) is 18.9 Å². The van der Waals surface area contributed by atoms with E-state index in [0.717, 1.165) is 51.6 Å². The van der Waals surface area contributed by atoms with Crippen molar-refractivity contribution in [1.82, 2.24) is 0 Å². The van der Waals surface area contributed by atoms with Crippen LogP contribution in [0.25, 0.3) is 0 Å². The zero-order valence-corrected chi connectivity index (χ0v) is 17.8. The normalized spacial score (nSPS) is 51.0. The second-order valence-electron chi connectivity index (χ2n) is 11.0. The maximum atomic E-state index is 6.31. The molecule has 0 aromatic carbocycles. The molecule has 0 amide bonds. The third kappa shape index (κ3) is 2.16. The fourth-order valence-electron chi connectivity index (χ4n) is 8.62. The van der Waals surface area contributed by atoms with Gasteiger partial charge in [-0.25, -0.2) is 0 Å². The molecule has 0 aromatic heterocycles. The molecule has 2 heterocycles. The van der Waals surface area contributed by atoms with Gasteiger partial charge in [0.05, 0.1) is 26.4 Å². The number of hydrogen-bond donors (Lipinski definition) is 0. The maximum Gasteiger partial charge on any atom is 0.174 e. The quantitative estimate of drug-likeness (QED) is 0.565. The number of rotatable bonds is 0. The van der Waals surface area contributed by atoms with Gasteiger partial charge in [-0.1, -0.05) is 25.5 Å². The minimum absolute atomic E-state index is 0.163. The van der Waals surface area contributed by atoms with Crippen molar-refractivity contribution in [3.63, 3.8) is 0 Å². The van der Waals surface area contributed by atoms with E-state index in [0.29, 0.717) is 23.2 Å². The summed E-state index contributed by atoms with van der Waals surface area (Å²) in [5.74, 6) is 2.14. The average Bonchev–Trinajstić information content (AvgIpc) is 3.39. The molecule has 0 aromatic rings. The van der Waals surface area contributed by atoms with Crippen LogP contribution in [0.2, 0.25) is 0 Å². The third-order valence-corrected chi connectivity index (χ3v) is 10.1. The molecule has 6 aliphatic rings. The molecule has 4 aliphatic carbocycles. The van der Waals surface area contributed by atoms with Crippen LogP contribution in [-0.4, -0.2) is 38.0 Å². The molecule has 6 unspecified atom stereocenters. The lowest BCUT2D eigenvalue weighted by Gasteiger charge is -2.61. The zero-order valence-electron chi connectivity index (χ0n) is 17.8. The molecule has 156 valence electrons. The Morgan fingerprint density at radius 2 is 1.50 bits per heavy atom. The molecule has 28 heavy (non-hydrogen) atoms. The lowest BCUT2D eigenvalue weighted by molar-refractivity contribution is -0.247. The van der Waals surface area contributed by atoms with E-state index in [4.69, 9.17) is 18.9 Å². The van der Waals surface area contributed by atoms with E-state index in [-0.39, 0.29) is 17.0 Å². The van der Waals surface area contributed by atoms with Crippen molar-refractivity contribution in [3.05, 3.63) is 11.6 Å². The van der Waals surface area contributed by atoms with E-state index in [1.807, 2.05) is 0 Å². The first-order valence-electron chi connectivity index (χ1n) is 11.7. The van der Waals surface area contributed by atoms with Gasteiger partial charge >= 0.3 is 0 Å². The highest BCUT2D eigenvalue weighted by Gasteiger charge is 2.68. The molecule has 6 atom stereocenters. The van der Waals surface area contributed by atoms with Crippen molar-refractivity contribution in [1.29, 1.82) is 0 Å². The van der Waals surface area contributed by atoms with Gasteiger partial charge in [0.1, 0.15) is 0 Å². The predicted molar refractivity (Wildman–Crippen MR) is 106 cm³/mol. The Labute approximate surface area is 169 Å². The van der Waals surface area contributed by atoms with E-state index in [2.05, 4.69) is 26.8 Å². The van der Waals surface area contributed by atoms with Crippen molar-refractivity contribution < 1.29 is 18.9 Å². The van der Waals surface area contributed by atoms with Gasteiger partial charge in [-0.3, -0.25) is 0 Å². The first-order valence-corrected chi connectivity index (χ1v) is 11.7. The van der Waals surface area contributed by atoms with E-state index in [1.165, 1.54) is 25.7 Å². The third-order valence-electron chi connectivity index (χ3n) is 10.1. The molecule has 4 nitrogen and oxygen atoms in total. The van der Waals surface area contributed by atoms with Gasteiger partial charge in [0.15, 0.2) is 11.6 Å². The van der Waals surface area contributed by atoms with Crippen LogP contribution in [0.15, 0.2) is 11.6 Å². The van der Waals surface area contributed by atoms with Crippen molar-refractivity contribution in [2.24, 2.45) is 34.5 Å². The van der Waals surface area contributed by atoms with Crippen molar-refractivity contribution in [2.75, 3.05) is 26.4 Å². The first kappa shape index (κ1) is 18.4. The minimum atomic E-state index is -0.303. The largest absolute Gasteiger partial charge is 0.348 e. The molecule has 2 aliphatic heterocycles. The minimum Gasteiger partial charge on any atom is -0.348 e. The molecule has 0 N–H and O–H groups in total. The number of hydrogen-bond acceptors (Lipinski definition) is 4. The molecule has 4 heteroatoms. The lowest BCUT2D eigenvalue weighted by Crippen LogP contribution is -2.57. The monoisotopic (exact) mass is 388 g/mol. The van der Waals surface area contributed by atoms with Gasteiger partial charge in [0.25, 0.3) is 0 Å². The molecule has 2 saturated heterocycles. The summed E-state index contributed by atoms with van der Waals surface area (Å²) in [7, 11) is 0. The van der Waals surface area contributed by atoms with Crippen LogP contribution in [0.3, 0.4) is 0 Å². The summed E-state index contributed by atoms with van der Waals surface area (Å²) in [6.45, 7) is 10.5. The predicted octanol–water partition coefficient (Wildman–Crippen LogP) is 4.68. The summed E-state index contributed by atoms with van der Waals surface area (Å²) < 4.78 is 24.8. The molecule has 0 bridgehead atoms. The molecule has 3 saturated carbocycles. The van der Waals surface area contributed by atoms with Gasteiger partial charge in [-0.2, -0.15) is 0 Å². The number of ether oxygens (including phenoxy) is 4. The van der Waals surface area contributed by atoms with E-state index >= 15 is 0 Å². The molecule has 5 fully saturated rings. The van der Waals surface area contributed by atoms with Crippen molar-refractivity contribution in [2.45, 2.75) is 77.3 Å². The summed E-state index contributed by atoms with van der Waals surface area (Å²) in [5, 5.41) is 0. The Morgan fingerprint density at radius 3 is 2.25 bits per heavy atom. The second kappa shape index (κ2) is 5.84. The van der Waals surface area contributed by atoms with Gasteiger partial charge < -0.3 is 18.9 Å². The Bertz CT molecular complexity index is 689. The van der Waals surface area contributed by atoms with Crippen LogP contribution < -0.4 is 0 Å². The van der Waals surface area contributed by atoms with Gasteiger partial charge in [0, 0.05) is 24.7 Å². The molecule has 2 spiro atoms.